The van der Waals surface area contributed by atoms with Crippen LogP contribution < -0.4 is 5.51 Å². The van der Waals surface area contributed by atoms with Crippen molar-refractivity contribution < 1.29 is 4.42 Å². The number of hydrogen-bond donors (Lipinski definition) is 0. The highest BCUT2D eigenvalue weighted by atomic mass is 28.3. The first-order valence-electron chi connectivity index (χ1n) is 7.92. The van der Waals surface area contributed by atoms with Gasteiger partial charge >= 0.3 is 0 Å². The number of hydrogen-bond acceptors (Lipinski definition) is 2. The fourth-order valence-electron chi connectivity index (χ4n) is 3.95. The predicted molar refractivity (Wildman–Crippen MR) is 92.6 cm³/mol. The van der Waals surface area contributed by atoms with Crippen LogP contribution >= 0.6 is 0 Å². The summed E-state index contributed by atoms with van der Waals surface area (Å²) < 4.78 is 6.02. The molecule has 0 aliphatic heterocycles. The van der Waals surface area contributed by atoms with Crippen LogP contribution in [0.3, 0.4) is 0 Å². The second-order valence-corrected chi connectivity index (χ2v) is 12.6. The van der Waals surface area contributed by atoms with Crippen LogP contribution in [0.1, 0.15) is 41.5 Å². The zero-order valence-corrected chi connectivity index (χ0v) is 15.1. The molecular formula is C18H27NOSi. The third-order valence-corrected chi connectivity index (χ3v) is 11.5. The van der Waals surface area contributed by atoms with E-state index in [4.69, 9.17) is 9.40 Å². The van der Waals surface area contributed by atoms with E-state index in [1.165, 1.54) is 0 Å². The van der Waals surface area contributed by atoms with Crippen molar-refractivity contribution >= 4 is 13.6 Å². The van der Waals surface area contributed by atoms with Crippen molar-refractivity contribution in [2.45, 2.75) is 58.2 Å². The van der Waals surface area contributed by atoms with Crippen LogP contribution in [0.15, 0.2) is 41.0 Å². The Bertz CT molecular complexity index is 550. The summed E-state index contributed by atoms with van der Waals surface area (Å²) in [4.78, 5) is 4.91. The molecule has 0 aliphatic rings. The molecule has 0 unspecified atom stereocenters. The fraction of sp³-hybridized carbons (Fsp3) is 0.500. The number of oxazole rings is 1. The van der Waals surface area contributed by atoms with Gasteiger partial charge in [-0.2, -0.15) is 0 Å². The van der Waals surface area contributed by atoms with Crippen LogP contribution in [0.2, 0.25) is 16.6 Å². The van der Waals surface area contributed by atoms with Gasteiger partial charge in [-0.1, -0.05) is 71.9 Å². The van der Waals surface area contributed by atoms with Crippen LogP contribution in [0.4, 0.5) is 0 Å². The lowest BCUT2D eigenvalue weighted by Crippen LogP contribution is -2.56. The van der Waals surface area contributed by atoms with Crippen molar-refractivity contribution in [3.63, 3.8) is 0 Å². The minimum atomic E-state index is -1.79. The highest BCUT2D eigenvalue weighted by Gasteiger charge is 2.48. The molecule has 0 aliphatic carbocycles. The van der Waals surface area contributed by atoms with Gasteiger partial charge < -0.3 is 4.42 Å². The number of rotatable bonds is 5. The van der Waals surface area contributed by atoms with E-state index in [-0.39, 0.29) is 0 Å². The Morgan fingerprint density at radius 1 is 0.857 bits per heavy atom. The third kappa shape index (κ3) is 2.71. The molecular weight excluding hydrogens is 274 g/mol. The van der Waals surface area contributed by atoms with E-state index in [2.05, 4.69) is 53.7 Å². The van der Waals surface area contributed by atoms with E-state index in [1.807, 2.05) is 24.5 Å². The van der Waals surface area contributed by atoms with Crippen molar-refractivity contribution in [2.75, 3.05) is 0 Å². The van der Waals surface area contributed by atoms with Crippen LogP contribution in [-0.4, -0.2) is 13.1 Å². The summed E-state index contributed by atoms with van der Waals surface area (Å²) in [7, 11) is -1.79. The van der Waals surface area contributed by atoms with Crippen molar-refractivity contribution in [3.05, 3.63) is 36.6 Å². The van der Waals surface area contributed by atoms with E-state index in [0.29, 0.717) is 16.6 Å². The lowest BCUT2D eigenvalue weighted by atomic mass is 10.2. The Balaban J connectivity index is 2.51. The van der Waals surface area contributed by atoms with Gasteiger partial charge in [-0.25, -0.2) is 4.98 Å². The van der Waals surface area contributed by atoms with Gasteiger partial charge in [-0.3, -0.25) is 0 Å². The van der Waals surface area contributed by atoms with Gasteiger partial charge in [0, 0.05) is 5.56 Å². The average Bonchev–Trinajstić information content (AvgIpc) is 2.89. The summed E-state index contributed by atoms with van der Waals surface area (Å²) in [6, 6.07) is 10.3. The molecule has 1 heterocycles. The van der Waals surface area contributed by atoms with Gasteiger partial charge in [-0.15, -0.1) is 0 Å². The molecule has 1 aromatic heterocycles. The minimum Gasteiger partial charge on any atom is -0.453 e. The first-order chi connectivity index (χ1) is 9.90. The van der Waals surface area contributed by atoms with E-state index in [0.717, 1.165) is 16.8 Å². The quantitative estimate of drug-likeness (QED) is 0.707. The number of aromatic nitrogens is 1. The van der Waals surface area contributed by atoms with E-state index in [1.54, 1.807) is 0 Å². The molecule has 114 valence electrons. The molecule has 0 fully saturated rings. The zero-order chi connectivity index (χ0) is 15.6. The Labute approximate surface area is 129 Å². The highest BCUT2D eigenvalue weighted by molar-refractivity contribution is 6.93. The average molecular weight is 302 g/mol. The largest absolute Gasteiger partial charge is 0.453 e. The van der Waals surface area contributed by atoms with Gasteiger partial charge in [0.1, 0.15) is 12.0 Å². The maximum Gasteiger partial charge on any atom is 0.167 e. The molecule has 0 radical (unpaired) electrons. The van der Waals surface area contributed by atoms with Gasteiger partial charge in [-0.05, 0) is 16.6 Å². The highest BCUT2D eigenvalue weighted by Crippen LogP contribution is 2.41. The van der Waals surface area contributed by atoms with Crippen molar-refractivity contribution in [1.29, 1.82) is 0 Å². The molecule has 0 atom stereocenters. The summed E-state index contributed by atoms with van der Waals surface area (Å²) >= 11 is 0. The summed E-state index contributed by atoms with van der Waals surface area (Å²) in [5, 5.41) is 0. The maximum absolute atomic E-state index is 6.02. The standard InChI is InChI=1S/C18H27NOSi/c1-13(2)21(14(3)4,15(5)6)18-19-17(12-20-18)16-10-8-7-9-11-16/h7-15H,1-6H3. The predicted octanol–water partition coefficient (Wildman–Crippen LogP) is 5.23. The minimum absolute atomic E-state index is 0.611. The summed E-state index contributed by atoms with van der Waals surface area (Å²) in [6.45, 7) is 14.0. The van der Waals surface area contributed by atoms with Crippen LogP contribution in [0.25, 0.3) is 11.3 Å². The van der Waals surface area contributed by atoms with Crippen molar-refractivity contribution in [2.24, 2.45) is 0 Å². The molecule has 0 N–H and O–H groups in total. The van der Waals surface area contributed by atoms with E-state index < -0.39 is 8.07 Å². The monoisotopic (exact) mass is 301 g/mol. The number of benzene rings is 1. The topological polar surface area (TPSA) is 26.0 Å². The Morgan fingerprint density at radius 3 is 1.86 bits per heavy atom. The second kappa shape index (κ2) is 6.18. The zero-order valence-electron chi connectivity index (χ0n) is 14.1. The van der Waals surface area contributed by atoms with Crippen LogP contribution in [-0.2, 0) is 0 Å². The van der Waals surface area contributed by atoms with Gasteiger partial charge in [0.15, 0.2) is 13.6 Å². The summed E-state index contributed by atoms with van der Waals surface area (Å²) in [6.07, 6.45) is 1.83. The van der Waals surface area contributed by atoms with Gasteiger partial charge in [0.05, 0.1) is 0 Å². The lowest BCUT2D eigenvalue weighted by molar-refractivity contribution is 0.581. The normalized spacial score (nSPS) is 12.6. The smallest absolute Gasteiger partial charge is 0.167 e. The molecule has 2 nitrogen and oxygen atoms in total. The molecule has 21 heavy (non-hydrogen) atoms. The van der Waals surface area contributed by atoms with Gasteiger partial charge in [0.2, 0.25) is 0 Å². The second-order valence-electron chi connectivity index (χ2n) is 6.80. The molecule has 3 heteroatoms. The van der Waals surface area contributed by atoms with E-state index in [9.17, 15) is 0 Å². The maximum atomic E-state index is 6.02. The molecule has 0 amide bonds. The number of nitrogens with zero attached hydrogens (tertiary/aromatic N) is 1. The third-order valence-electron chi connectivity index (χ3n) is 4.81. The molecule has 0 saturated heterocycles. The molecule has 0 spiro atoms. The first-order valence-corrected chi connectivity index (χ1v) is 10.1. The van der Waals surface area contributed by atoms with Crippen LogP contribution in [0.5, 0.6) is 0 Å². The van der Waals surface area contributed by atoms with Crippen LogP contribution in [0, 0.1) is 0 Å². The Morgan fingerprint density at radius 2 is 1.38 bits per heavy atom. The van der Waals surface area contributed by atoms with E-state index >= 15 is 0 Å². The molecule has 1 aromatic carbocycles. The SMILES string of the molecule is CC(C)[Si](c1nc(-c2ccccc2)co1)(C(C)C)C(C)C. The van der Waals surface area contributed by atoms with Crippen molar-refractivity contribution in [1.82, 2.24) is 4.98 Å². The molecule has 2 aromatic rings. The Kier molecular flexibility index (Phi) is 4.72. The molecule has 0 bridgehead atoms. The lowest BCUT2D eigenvalue weighted by Gasteiger charge is -2.39. The summed E-state index contributed by atoms with van der Waals surface area (Å²) in [5.74, 6) is 0. The fourth-order valence-corrected chi connectivity index (χ4v) is 10.0. The molecule has 2 rings (SSSR count). The Hall–Kier alpha value is -1.35. The summed E-state index contributed by atoms with van der Waals surface area (Å²) in [5.41, 5.74) is 4.94. The first kappa shape index (κ1) is 16.0. The van der Waals surface area contributed by atoms with Crippen molar-refractivity contribution in [3.8, 4) is 11.3 Å². The van der Waals surface area contributed by atoms with Gasteiger partial charge in [0.25, 0.3) is 0 Å². The molecule has 0 saturated carbocycles.